The van der Waals surface area contributed by atoms with Gasteiger partial charge < -0.3 is 4.90 Å². The average Bonchev–Trinajstić information content (AvgIpc) is 3.08. The van der Waals surface area contributed by atoms with Crippen LogP contribution >= 0.6 is 0 Å². The molecule has 0 aromatic rings. The average molecular weight is 264 g/mol. The summed E-state index contributed by atoms with van der Waals surface area (Å²) < 4.78 is 0. The molecule has 1 amide bonds. The van der Waals surface area contributed by atoms with Gasteiger partial charge in [0.1, 0.15) is 0 Å². The van der Waals surface area contributed by atoms with Crippen molar-refractivity contribution in [2.45, 2.75) is 76.9 Å². The normalized spacial score (nSPS) is 37.7. The molecule has 1 spiro atoms. The van der Waals surface area contributed by atoms with Crippen LogP contribution in [0.3, 0.4) is 0 Å². The topological polar surface area (TPSA) is 32.3 Å². The zero-order chi connectivity index (χ0) is 13.5. The largest absolute Gasteiger partial charge is 0.325 e. The van der Waals surface area contributed by atoms with Gasteiger partial charge in [-0.3, -0.25) is 10.1 Å². The van der Waals surface area contributed by atoms with Gasteiger partial charge >= 0.3 is 0 Å². The summed E-state index contributed by atoms with van der Waals surface area (Å²) in [4.78, 5) is 15.0. The van der Waals surface area contributed by atoms with Crippen molar-refractivity contribution < 1.29 is 4.79 Å². The van der Waals surface area contributed by atoms with Crippen molar-refractivity contribution in [3.05, 3.63) is 0 Å². The highest BCUT2D eigenvalue weighted by Gasteiger charge is 2.51. The molecule has 1 heterocycles. The van der Waals surface area contributed by atoms with Crippen LogP contribution in [0.4, 0.5) is 0 Å². The number of nitrogens with one attached hydrogen (secondary N) is 1. The Kier molecular flexibility index (Phi) is 3.59. The van der Waals surface area contributed by atoms with Crippen molar-refractivity contribution in [1.82, 2.24) is 10.2 Å². The highest BCUT2D eigenvalue weighted by Crippen LogP contribution is 2.39. The number of amides is 1. The van der Waals surface area contributed by atoms with Gasteiger partial charge in [0.2, 0.25) is 5.91 Å². The van der Waals surface area contributed by atoms with E-state index in [4.69, 9.17) is 0 Å². The van der Waals surface area contributed by atoms with Gasteiger partial charge in [0.25, 0.3) is 0 Å². The third-order valence-electron chi connectivity index (χ3n) is 5.59. The number of hydrogen-bond donors (Lipinski definition) is 1. The van der Waals surface area contributed by atoms with Crippen LogP contribution in [0.25, 0.3) is 0 Å². The van der Waals surface area contributed by atoms with E-state index in [2.05, 4.69) is 24.1 Å². The summed E-state index contributed by atoms with van der Waals surface area (Å²) in [5, 5.41) is 3.68. The maximum Gasteiger partial charge on any atom is 0.244 e. The zero-order valence-corrected chi connectivity index (χ0v) is 12.5. The van der Waals surface area contributed by atoms with E-state index in [-0.39, 0.29) is 5.54 Å². The second kappa shape index (κ2) is 5.08. The maximum atomic E-state index is 12.8. The van der Waals surface area contributed by atoms with Gasteiger partial charge in [0.15, 0.2) is 0 Å². The second-order valence-electron chi connectivity index (χ2n) is 7.10. The Morgan fingerprint density at radius 2 is 2.05 bits per heavy atom. The van der Waals surface area contributed by atoms with E-state index in [0.29, 0.717) is 12.1 Å². The minimum Gasteiger partial charge on any atom is -0.325 e. The summed E-state index contributed by atoms with van der Waals surface area (Å²) in [5.41, 5.74) is -0.176. The summed E-state index contributed by atoms with van der Waals surface area (Å²) in [6.45, 7) is 5.54. The fraction of sp³-hybridized carbons (Fsp3) is 0.938. The summed E-state index contributed by atoms with van der Waals surface area (Å²) in [6, 6.07) is 0. The molecule has 0 aromatic heterocycles. The predicted molar refractivity (Wildman–Crippen MR) is 76.6 cm³/mol. The van der Waals surface area contributed by atoms with Gasteiger partial charge in [0.05, 0.1) is 11.7 Å². The van der Waals surface area contributed by atoms with E-state index >= 15 is 0 Å². The number of nitrogens with zero attached hydrogens (tertiary/aromatic N) is 1. The molecule has 2 saturated carbocycles. The Morgan fingerprint density at radius 1 is 1.32 bits per heavy atom. The first-order valence-electron chi connectivity index (χ1n) is 8.23. The zero-order valence-electron chi connectivity index (χ0n) is 12.5. The molecule has 3 heteroatoms. The number of carbonyl (C=O) groups is 1. The number of hydrogen-bond acceptors (Lipinski definition) is 2. The van der Waals surface area contributed by atoms with Crippen molar-refractivity contribution in [3.8, 4) is 0 Å². The van der Waals surface area contributed by atoms with Crippen LogP contribution in [0, 0.1) is 11.8 Å². The molecular weight excluding hydrogens is 236 g/mol. The first-order valence-corrected chi connectivity index (χ1v) is 8.23. The Balaban J connectivity index is 1.70. The van der Waals surface area contributed by atoms with Crippen molar-refractivity contribution in [1.29, 1.82) is 0 Å². The maximum absolute atomic E-state index is 12.8. The lowest BCUT2D eigenvalue weighted by atomic mass is 9.97. The molecule has 3 atom stereocenters. The molecule has 3 nitrogen and oxygen atoms in total. The molecule has 0 bridgehead atoms. The standard InChI is InChI=1S/C16H28N2O/c1-3-14-17-16(8-4-5-9-16)15(19)18(14)11-13-7-6-12(2)10-13/h12-14,17H,3-11H2,1-2H3. The Morgan fingerprint density at radius 3 is 2.63 bits per heavy atom. The molecule has 1 aliphatic heterocycles. The lowest BCUT2D eigenvalue weighted by molar-refractivity contribution is -0.133. The minimum absolute atomic E-state index is 0.176. The van der Waals surface area contributed by atoms with Gasteiger partial charge in [-0.15, -0.1) is 0 Å². The van der Waals surface area contributed by atoms with Crippen molar-refractivity contribution in [2.75, 3.05) is 6.54 Å². The van der Waals surface area contributed by atoms with E-state index in [0.717, 1.165) is 37.6 Å². The molecule has 19 heavy (non-hydrogen) atoms. The van der Waals surface area contributed by atoms with Gasteiger partial charge in [-0.25, -0.2) is 0 Å². The molecule has 108 valence electrons. The van der Waals surface area contributed by atoms with Crippen LogP contribution in [-0.2, 0) is 4.79 Å². The molecule has 2 aliphatic carbocycles. The molecule has 1 N–H and O–H groups in total. The van der Waals surface area contributed by atoms with E-state index < -0.39 is 0 Å². The molecule has 3 aliphatic rings. The fourth-order valence-corrected chi connectivity index (χ4v) is 4.51. The highest BCUT2D eigenvalue weighted by atomic mass is 16.2. The quantitative estimate of drug-likeness (QED) is 0.850. The predicted octanol–water partition coefficient (Wildman–Crippen LogP) is 2.90. The van der Waals surface area contributed by atoms with Crippen LogP contribution in [0.2, 0.25) is 0 Å². The lowest BCUT2D eigenvalue weighted by Gasteiger charge is -2.26. The monoisotopic (exact) mass is 264 g/mol. The summed E-state index contributed by atoms with van der Waals surface area (Å²) in [7, 11) is 0. The van der Waals surface area contributed by atoms with Crippen molar-refractivity contribution >= 4 is 5.91 Å². The van der Waals surface area contributed by atoms with Crippen LogP contribution < -0.4 is 5.32 Å². The smallest absolute Gasteiger partial charge is 0.244 e. The van der Waals surface area contributed by atoms with Gasteiger partial charge in [0, 0.05) is 6.54 Å². The molecule has 1 saturated heterocycles. The first kappa shape index (κ1) is 13.4. The summed E-state index contributed by atoms with van der Waals surface area (Å²) >= 11 is 0. The SMILES string of the molecule is CCC1NC2(CCCC2)C(=O)N1CC1CCC(C)C1. The van der Waals surface area contributed by atoms with Gasteiger partial charge in [-0.2, -0.15) is 0 Å². The fourth-order valence-electron chi connectivity index (χ4n) is 4.51. The molecule has 0 aromatic carbocycles. The number of rotatable bonds is 3. The van der Waals surface area contributed by atoms with Crippen molar-refractivity contribution in [3.63, 3.8) is 0 Å². The van der Waals surface area contributed by atoms with E-state index in [1.807, 2.05) is 0 Å². The Hall–Kier alpha value is -0.570. The Labute approximate surface area is 117 Å². The van der Waals surface area contributed by atoms with E-state index in [9.17, 15) is 4.79 Å². The van der Waals surface area contributed by atoms with Crippen molar-refractivity contribution in [2.24, 2.45) is 11.8 Å². The summed E-state index contributed by atoms with van der Waals surface area (Å²) in [5.74, 6) is 2.01. The first-order chi connectivity index (χ1) is 9.14. The van der Waals surface area contributed by atoms with Crippen LogP contribution in [0.1, 0.15) is 65.2 Å². The van der Waals surface area contributed by atoms with E-state index in [1.54, 1.807) is 0 Å². The van der Waals surface area contributed by atoms with Crippen LogP contribution in [0.15, 0.2) is 0 Å². The minimum atomic E-state index is -0.176. The van der Waals surface area contributed by atoms with E-state index in [1.165, 1.54) is 32.1 Å². The lowest BCUT2D eigenvalue weighted by Crippen LogP contribution is -2.44. The third kappa shape index (κ3) is 2.31. The molecule has 0 radical (unpaired) electrons. The third-order valence-corrected chi connectivity index (χ3v) is 5.59. The molecular formula is C16H28N2O. The van der Waals surface area contributed by atoms with Gasteiger partial charge in [-0.1, -0.05) is 33.1 Å². The number of carbonyl (C=O) groups excluding carboxylic acids is 1. The Bertz CT molecular complexity index is 349. The van der Waals surface area contributed by atoms with Crippen LogP contribution in [0.5, 0.6) is 0 Å². The summed E-state index contributed by atoms with van der Waals surface area (Å²) in [6.07, 6.45) is 9.84. The molecule has 3 fully saturated rings. The van der Waals surface area contributed by atoms with Gasteiger partial charge in [-0.05, 0) is 43.9 Å². The molecule has 3 unspecified atom stereocenters. The highest BCUT2D eigenvalue weighted by molar-refractivity contribution is 5.89. The second-order valence-corrected chi connectivity index (χ2v) is 7.10. The molecule has 3 rings (SSSR count). The van der Waals surface area contributed by atoms with Crippen LogP contribution in [-0.4, -0.2) is 29.1 Å².